The van der Waals surface area contributed by atoms with Crippen molar-refractivity contribution >= 4 is 5.97 Å². The van der Waals surface area contributed by atoms with Gasteiger partial charge in [-0.05, 0) is 19.3 Å². The number of nitrogens with zero attached hydrogens (tertiary/aromatic N) is 1. The summed E-state index contributed by atoms with van der Waals surface area (Å²) in [6.07, 6.45) is 3.77. The number of halogens is 1. The molecule has 0 aromatic rings. The Bertz CT molecular complexity index is 228. The number of likely N-dealkylation sites (N-methyl/N-ethyl adjacent to an activating group) is 1. The summed E-state index contributed by atoms with van der Waals surface area (Å²) in [5.41, 5.74) is 0. The monoisotopic (exact) mass is 309 g/mol. The lowest BCUT2D eigenvalue weighted by atomic mass is 10.2. The molecule has 0 bridgehead atoms. The third-order valence-electron chi connectivity index (χ3n) is 2.79. The van der Waals surface area contributed by atoms with Crippen LogP contribution in [-0.2, 0) is 14.3 Å². The van der Waals surface area contributed by atoms with Gasteiger partial charge < -0.3 is 30.9 Å². The molecule has 0 aromatic heterocycles. The summed E-state index contributed by atoms with van der Waals surface area (Å²) in [5, 5.41) is 0. The van der Waals surface area contributed by atoms with E-state index in [1.165, 1.54) is 0 Å². The molecule has 1 aliphatic rings. The highest BCUT2D eigenvalue weighted by molar-refractivity contribution is 5.70. The van der Waals surface area contributed by atoms with Gasteiger partial charge in [0, 0.05) is 6.42 Å². The molecule has 1 heterocycles. The van der Waals surface area contributed by atoms with Crippen molar-refractivity contribution in [1.29, 1.82) is 0 Å². The number of esters is 1. The molecule has 1 aliphatic heterocycles. The Morgan fingerprint density at radius 2 is 2.12 bits per heavy atom. The predicted octanol–water partition coefficient (Wildman–Crippen LogP) is -1.45. The minimum atomic E-state index is -0.303. The zero-order chi connectivity index (χ0) is 12.0. The first-order valence-corrected chi connectivity index (χ1v) is 6.16. The van der Waals surface area contributed by atoms with Crippen LogP contribution in [0, 0.1) is 0 Å². The maximum atomic E-state index is 11.7. The SMILES string of the molecule is CCC[N+](C)(C)CC(=O)OC1CCCCO1.[Br-]. The highest BCUT2D eigenvalue weighted by atomic mass is 79.9. The van der Waals surface area contributed by atoms with Crippen LogP contribution < -0.4 is 17.0 Å². The lowest BCUT2D eigenvalue weighted by molar-refractivity contribution is -0.883. The van der Waals surface area contributed by atoms with E-state index in [4.69, 9.17) is 9.47 Å². The van der Waals surface area contributed by atoms with Crippen molar-refractivity contribution in [2.75, 3.05) is 33.8 Å². The quantitative estimate of drug-likeness (QED) is 0.460. The van der Waals surface area contributed by atoms with Gasteiger partial charge in [0.15, 0.2) is 6.54 Å². The summed E-state index contributed by atoms with van der Waals surface area (Å²) < 4.78 is 11.4. The maximum Gasteiger partial charge on any atom is 0.364 e. The van der Waals surface area contributed by atoms with Crippen molar-refractivity contribution in [1.82, 2.24) is 0 Å². The Hall–Kier alpha value is -0.130. The standard InChI is InChI=1S/C12H24NO3.BrH/c1-4-8-13(2,3)10-11(14)16-12-7-5-6-9-15-12;/h12H,4-10H2,1-3H3;1H/q+1;/p-1. The van der Waals surface area contributed by atoms with Crippen molar-refractivity contribution in [3.8, 4) is 0 Å². The molecule has 1 rings (SSSR count). The smallest absolute Gasteiger partial charge is 0.364 e. The number of carbonyl (C=O) groups excluding carboxylic acids is 1. The lowest BCUT2D eigenvalue weighted by Crippen LogP contribution is -3.00. The largest absolute Gasteiger partial charge is 1.00 e. The van der Waals surface area contributed by atoms with E-state index < -0.39 is 0 Å². The van der Waals surface area contributed by atoms with Gasteiger partial charge in [-0.1, -0.05) is 6.92 Å². The van der Waals surface area contributed by atoms with E-state index in [0.29, 0.717) is 17.6 Å². The second-order valence-corrected chi connectivity index (χ2v) is 5.10. The molecule has 0 N–H and O–H groups in total. The fourth-order valence-corrected chi connectivity index (χ4v) is 2.02. The van der Waals surface area contributed by atoms with E-state index in [9.17, 15) is 4.79 Å². The topological polar surface area (TPSA) is 35.5 Å². The highest BCUT2D eigenvalue weighted by Gasteiger charge is 2.24. The number of hydrogen-bond donors (Lipinski definition) is 0. The van der Waals surface area contributed by atoms with E-state index >= 15 is 0 Å². The zero-order valence-corrected chi connectivity index (χ0v) is 12.7. The number of rotatable bonds is 5. The van der Waals surface area contributed by atoms with Crippen molar-refractivity contribution in [3.63, 3.8) is 0 Å². The molecule has 17 heavy (non-hydrogen) atoms. The van der Waals surface area contributed by atoms with Gasteiger partial charge in [-0.3, -0.25) is 0 Å². The van der Waals surface area contributed by atoms with Gasteiger partial charge in [0.05, 0.1) is 27.2 Å². The highest BCUT2D eigenvalue weighted by Crippen LogP contribution is 2.14. The van der Waals surface area contributed by atoms with Crippen LogP contribution >= 0.6 is 0 Å². The molecule has 5 heteroatoms. The Kier molecular flexibility index (Phi) is 8.00. The summed E-state index contributed by atoms with van der Waals surface area (Å²) in [4.78, 5) is 11.7. The fourth-order valence-electron chi connectivity index (χ4n) is 2.02. The van der Waals surface area contributed by atoms with Crippen molar-refractivity contribution in [3.05, 3.63) is 0 Å². The summed E-state index contributed by atoms with van der Waals surface area (Å²) in [5.74, 6) is -0.148. The molecule has 0 spiro atoms. The Morgan fingerprint density at radius 3 is 2.65 bits per heavy atom. The van der Waals surface area contributed by atoms with E-state index in [-0.39, 0.29) is 29.2 Å². The van der Waals surface area contributed by atoms with Crippen LogP contribution in [0.5, 0.6) is 0 Å². The molecule has 0 aromatic carbocycles. The van der Waals surface area contributed by atoms with Crippen LogP contribution in [0.1, 0.15) is 32.6 Å². The van der Waals surface area contributed by atoms with Crippen LogP contribution in [0.2, 0.25) is 0 Å². The lowest BCUT2D eigenvalue weighted by Gasteiger charge is -2.29. The number of ether oxygens (including phenoxy) is 2. The molecular weight excluding hydrogens is 286 g/mol. The van der Waals surface area contributed by atoms with Crippen LogP contribution in [0.4, 0.5) is 0 Å². The normalized spacial score (nSPS) is 20.5. The molecule has 0 aliphatic carbocycles. The Labute approximate surface area is 115 Å². The minimum absolute atomic E-state index is 0. The second kappa shape index (κ2) is 8.06. The van der Waals surface area contributed by atoms with E-state index in [1.54, 1.807) is 0 Å². The molecule has 1 unspecified atom stereocenters. The molecule has 0 amide bonds. The summed E-state index contributed by atoms with van der Waals surface area (Å²) >= 11 is 0. The van der Waals surface area contributed by atoms with Gasteiger partial charge in [0.25, 0.3) is 0 Å². The van der Waals surface area contributed by atoms with Gasteiger partial charge >= 0.3 is 5.97 Å². The van der Waals surface area contributed by atoms with E-state index in [1.807, 2.05) is 14.1 Å². The van der Waals surface area contributed by atoms with Crippen LogP contribution in [0.25, 0.3) is 0 Å². The molecular formula is C12H24BrNO3. The molecule has 1 saturated heterocycles. The summed E-state index contributed by atoms with van der Waals surface area (Å²) in [7, 11) is 4.10. The molecule has 102 valence electrons. The number of quaternary nitrogens is 1. The summed E-state index contributed by atoms with van der Waals surface area (Å²) in [6.45, 7) is 4.25. The first-order chi connectivity index (χ1) is 7.53. The first kappa shape index (κ1) is 16.9. The maximum absolute atomic E-state index is 11.7. The van der Waals surface area contributed by atoms with Crippen LogP contribution in [0.15, 0.2) is 0 Å². The van der Waals surface area contributed by atoms with Gasteiger partial charge in [-0.2, -0.15) is 0 Å². The van der Waals surface area contributed by atoms with Gasteiger partial charge in [-0.25, -0.2) is 4.79 Å². The van der Waals surface area contributed by atoms with Gasteiger partial charge in [0.2, 0.25) is 6.29 Å². The molecule has 4 nitrogen and oxygen atoms in total. The van der Waals surface area contributed by atoms with E-state index in [2.05, 4.69) is 6.92 Å². The third kappa shape index (κ3) is 7.01. The van der Waals surface area contributed by atoms with Crippen molar-refractivity contribution < 1.29 is 35.7 Å². The Balaban J connectivity index is 0.00000256. The number of hydrogen-bond acceptors (Lipinski definition) is 3. The van der Waals surface area contributed by atoms with Gasteiger partial charge in [0.1, 0.15) is 0 Å². The minimum Gasteiger partial charge on any atom is -1.00 e. The number of carbonyl (C=O) groups is 1. The fraction of sp³-hybridized carbons (Fsp3) is 0.917. The average molecular weight is 310 g/mol. The predicted molar refractivity (Wildman–Crippen MR) is 61.8 cm³/mol. The first-order valence-electron chi connectivity index (χ1n) is 6.16. The van der Waals surface area contributed by atoms with E-state index in [0.717, 1.165) is 32.2 Å². The zero-order valence-electron chi connectivity index (χ0n) is 11.1. The van der Waals surface area contributed by atoms with Crippen molar-refractivity contribution in [2.24, 2.45) is 0 Å². The van der Waals surface area contributed by atoms with Gasteiger partial charge in [-0.15, -0.1) is 0 Å². The molecule has 1 fully saturated rings. The molecule has 0 radical (unpaired) electrons. The average Bonchev–Trinajstić information content (AvgIpc) is 2.17. The van der Waals surface area contributed by atoms with Crippen LogP contribution in [0.3, 0.4) is 0 Å². The second-order valence-electron chi connectivity index (χ2n) is 5.10. The molecule has 1 atom stereocenters. The van der Waals surface area contributed by atoms with Crippen molar-refractivity contribution in [2.45, 2.75) is 38.9 Å². The summed E-state index contributed by atoms with van der Waals surface area (Å²) in [6, 6.07) is 0. The van der Waals surface area contributed by atoms with Crippen LogP contribution in [-0.4, -0.2) is 50.5 Å². The Morgan fingerprint density at radius 1 is 1.41 bits per heavy atom. The third-order valence-corrected chi connectivity index (χ3v) is 2.79. The molecule has 0 saturated carbocycles.